The van der Waals surface area contributed by atoms with Gasteiger partial charge in [0.25, 0.3) is 5.91 Å². The topological polar surface area (TPSA) is 92.1 Å². The molecule has 1 fully saturated rings. The summed E-state index contributed by atoms with van der Waals surface area (Å²) in [5.74, 6) is -0.384. The summed E-state index contributed by atoms with van der Waals surface area (Å²) in [7, 11) is 0. The zero-order valence-electron chi connectivity index (χ0n) is 17.8. The van der Waals surface area contributed by atoms with Gasteiger partial charge in [-0.15, -0.1) is 0 Å². The Kier molecular flexibility index (Phi) is 5.49. The Morgan fingerprint density at radius 3 is 2.74 bits per heavy atom. The molecule has 2 aromatic heterocycles. The number of pyridine rings is 1. The predicted molar refractivity (Wildman–Crippen MR) is 117 cm³/mol. The van der Waals surface area contributed by atoms with Crippen LogP contribution in [-0.2, 0) is 0 Å². The Morgan fingerprint density at radius 1 is 1.32 bits per heavy atom. The van der Waals surface area contributed by atoms with E-state index in [9.17, 15) is 14.3 Å². The molecule has 0 atom stereocenters. The minimum atomic E-state index is -0.587. The van der Waals surface area contributed by atoms with Gasteiger partial charge in [0.15, 0.2) is 5.82 Å². The van der Waals surface area contributed by atoms with E-state index in [1.165, 1.54) is 6.07 Å². The zero-order chi connectivity index (χ0) is 22.2. The second-order valence-electron chi connectivity index (χ2n) is 8.60. The predicted octanol–water partition coefficient (Wildman–Crippen LogP) is 3.46. The number of rotatable bonds is 7. The molecule has 4 rings (SSSR count). The number of benzene rings is 1. The maximum Gasteiger partial charge on any atom is 0.254 e. The van der Waals surface area contributed by atoms with Gasteiger partial charge >= 0.3 is 0 Å². The van der Waals surface area contributed by atoms with Crippen LogP contribution in [0, 0.1) is 12.7 Å². The van der Waals surface area contributed by atoms with E-state index in [0.29, 0.717) is 17.1 Å². The van der Waals surface area contributed by atoms with Crippen LogP contribution in [0.4, 0.5) is 10.2 Å². The number of nitrogens with zero attached hydrogens (tertiary/aromatic N) is 3. The third-order valence-electron chi connectivity index (χ3n) is 5.25. The average molecular weight is 423 g/mol. The lowest BCUT2D eigenvalue weighted by molar-refractivity contribution is 0.0947. The van der Waals surface area contributed by atoms with E-state index >= 15 is 0 Å². The molecule has 1 amide bonds. The van der Waals surface area contributed by atoms with Crippen molar-refractivity contribution in [3.63, 3.8) is 0 Å². The van der Waals surface area contributed by atoms with Gasteiger partial charge < -0.3 is 15.7 Å². The van der Waals surface area contributed by atoms with Crippen molar-refractivity contribution in [2.45, 2.75) is 45.2 Å². The van der Waals surface area contributed by atoms with E-state index < -0.39 is 17.3 Å². The van der Waals surface area contributed by atoms with Crippen LogP contribution in [-0.4, -0.2) is 44.0 Å². The molecule has 0 spiro atoms. The first-order chi connectivity index (χ1) is 14.8. The van der Waals surface area contributed by atoms with Crippen LogP contribution in [0.1, 0.15) is 42.6 Å². The summed E-state index contributed by atoms with van der Waals surface area (Å²) in [4.78, 5) is 17.1. The molecule has 0 unspecified atom stereocenters. The number of amides is 1. The van der Waals surface area contributed by atoms with Crippen molar-refractivity contribution in [1.29, 1.82) is 0 Å². The minimum Gasteiger partial charge on any atom is -0.394 e. The van der Waals surface area contributed by atoms with Gasteiger partial charge in [-0.25, -0.2) is 14.1 Å². The van der Waals surface area contributed by atoms with Crippen molar-refractivity contribution in [2.24, 2.45) is 0 Å². The number of hydrogen-bond acceptors (Lipinski definition) is 5. The molecule has 1 aliphatic rings. The number of hydrogen-bond donors (Lipinski definition) is 3. The number of nitrogens with one attached hydrogen (secondary N) is 2. The summed E-state index contributed by atoms with van der Waals surface area (Å²) in [6.07, 6.45) is 7.00. The van der Waals surface area contributed by atoms with Gasteiger partial charge in [0.2, 0.25) is 0 Å². The van der Waals surface area contributed by atoms with Crippen LogP contribution in [0.25, 0.3) is 16.8 Å². The summed E-state index contributed by atoms with van der Waals surface area (Å²) >= 11 is 0. The SMILES string of the molecule is Cc1cc(F)c(C(=O)NC2CC2)cc1-c1cnc(NC(C)(C)CO)c(-n2cccn2)c1. The molecule has 162 valence electrons. The fourth-order valence-electron chi connectivity index (χ4n) is 3.29. The van der Waals surface area contributed by atoms with Crippen LogP contribution < -0.4 is 10.6 Å². The molecular weight excluding hydrogens is 397 g/mol. The monoisotopic (exact) mass is 423 g/mol. The van der Waals surface area contributed by atoms with E-state index in [2.05, 4.69) is 20.7 Å². The van der Waals surface area contributed by atoms with E-state index in [1.54, 1.807) is 42.3 Å². The number of aliphatic hydroxyl groups is 1. The van der Waals surface area contributed by atoms with Gasteiger partial charge in [0, 0.05) is 30.2 Å². The first-order valence-electron chi connectivity index (χ1n) is 10.3. The number of aromatic nitrogens is 3. The lowest BCUT2D eigenvalue weighted by Gasteiger charge is -2.26. The lowest BCUT2D eigenvalue weighted by Crippen LogP contribution is -2.35. The summed E-state index contributed by atoms with van der Waals surface area (Å²) in [5, 5.41) is 20.0. The van der Waals surface area contributed by atoms with Crippen molar-refractivity contribution in [1.82, 2.24) is 20.1 Å². The minimum absolute atomic E-state index is 0.0248. The van der Waals surface area contributed by atoms with Crippen molar-refractivity contribution in [2.75, 3.05) is 11.9 Å². The highest BCUT2D eigenvalue weighted by atomic mass is 19.1. The van der Waals surface area contributed by atoms with E-state index in [4.69, 9.17) is 0 Å². The Morgan fingerprint density at radius 2 is 2.10 bits per heavy atom. The van der Waals surface area contributed by atoms with Crippen molar-refractivity contribution in [3.8, 4) is 16.8 Å². The third-order valence-corrected chi connectivity index (χ3v) is 5.25. The van der Waals surface area contributed by atoms with Gasteiger partial charge in [-0.05, 0) is 69.0 Å². The van der Waals surface area contributed by atoms with E-state index in [1.807, 2.05) is 19.9 Å². The fourth-order valence-corrected chi connectivity index (χ4v) is 3.29. The first kappa shape index (κ1) is 21.0. The second-order valence-corrected chi connectivity index (χ2v) is 8.60. The molecule has 2 heterocycles. The molecule has 0 bridgehead atoms. The quantitative estimate of drug-likeness (QED) is 0.541. The summed E-state index contributed by atoms with van der Waals surface area (Å²) in [6, 6.07) is 6.79. The smallest absolute Gasteiger partial charge is 0.254 e. The Bertz CT molecular complexity index is 1110. The van der Waals surface area contributed by atoms with E-state index in [-0.39, 0.29) is 18.2 Å². The van der Waals surface area contributed by atoms with Crippen molar-refractivity contribution >= 4 is 11.7 Å². The molecule has 0 saturated heterocycles. The molecular formula is C23H26FN5O2. The average Bonchev–Trinajstić information content (AvgIpc) is 3.37. The second kappa shape index (κ2) is 8.11. The Labute approximate surface area is 180 Å². The standard InChI is InChI=1S/C23H26FN5O2/c1-14-9-19(24)18(22(31)27-16-5-6-16)11-17(14)15-10-20(29-8-4-7-26-29)21(25-12-15)28-23(2,3)13-30/h4,7-12,16,30H,5-6,13H2,1-3H3,(H,25,28)(H,27,31). The van der Waals surface area contributed by atoms with Crippen molar-refractivity contribution in [3.05, 3.63) is 59.8 Å². The molecule has 31 heavy (non-hydrogen) atoms. The molecule has 8 heteroatoms. The van der Waals surface area contributed by atoms with Gasteiger partial charge in [-0.1, -0.05) is 0 Å². The van der Waals surface area contributed by atoms with Crippen LogP contribution in [0.15, 0.2) is 42.9 Å². The van der Waals surface area contributed by atoms with E-state index in [0.717, 1.165) is 24.0 Å². The van der Waals surface area contributed by atoms with Crippen LogP contribution >= 0.6 is 0 Å². The van der Waals surface area contributed by atoms with Gasteiger partial charge in [0.1, 0.15) is 11.5 Å². The first-order valence-corrected chi connectivity index (χ1v) is 10.3. The molecule has 0 aliphatic heterocycles. The maximum atomic E-state index is 14.5. The lowest BCUT2D eigenvalue weighted by atomic mass is 9.98. The number of halogens is 1. The summed E-state index contributed by atoms with van der Waals surface area (Å²) < 4.78 is 16.2. The number of aliphatic hydroxyl groups excluding tert-OH is 1. The third kappa shape index (κ3) is 4.59. The Balaban J connectivity index is 1.77. The maximum absolute atomic E-state index is 14.5. The zero-order valence-corrected chi connectivity index (χ0v) is 17.8. The largest absolute Gasteiger partial charge is 0.394 e. The van der Waals surface area contributed by atoms with Crippen molar-refractivity contribution < 1.29 is 14.3 Å². The van der Waals surface area contributed by atoms with Crippen LogP contribution in [0.2, 0.25) is 0 Å². The molecule has 7 nitrogen and oxygen atoms in total. The molecule has 1 saturated carbocycles. The fraction of sp³-hybridized carbons (Fsp3) is 0.348. The Hall–Kier alpha value is -3.26. The number of aryl methyl sites for hydroxylation is 1. The van der Waals surface area contributed by atoms with Gasteiger partial charge in [0.05, 0.1) is 17.7 Å². The highest BCUT2D eigenvalue weighted by molar-refractivity contribution is 5.96. The molecule has 0 radical (unpaired) electrons. The molecule has 3 aromatic rings. The van der Waals surface area contributed by atoms with Gasteiger partial charge in [-0.2, -0.15) is 5.10 Å². The number of carbonyl (C=O) groups excluding carboxylic acids is 1. The number of anilines is 1. The summed E-state index contributed by atoms with van der Waals surface area (Å²) in [6.45, 7) is 5.45. The molecule has 3 N–H and O–H groups in total. The normalized spacial score (nSPS) is 13.8. The van der Waals surface area contributed by atoms with Crippen LogP contribution in [0.3, 0.4) is 0 Å². The number of carbonyl (C=O) groups is 1. The highest BCUT2D eigenvalue weighted by Crippen LogP contribution is 2.31. The molecule has 1 aromatic carbocycles. The van der Waals surface area contributed by atoms with Gasteiger partial charge in [-0.3, -0.25) is 4.79 Å². The molecule has 1 aliphatic carbocycles. The summed E-state index contributed by atoms with van der Waals surface area (Å²) in [5.41, 5.74) is 2.27. The highest BCUT2D eigenvalue weighted by Gasteiger charge is 2.26. The van der Waals surface area contributed by atoms with Crippen LogP contribution in [0.5, 0.6) is 0 Å².